The maximum absolute atomic E-state index is 15.1. The Morgan fingerprint density at radius 1 is 1.32 bits per heavy atom. The number of aliphatic hydroxyl groups excluding tert-OH is 1. The van der Waals surface area contributed by atoms with Gasteiger partial charge in [0, 0.05) is 24.6 Å². The molecule has 2 heterocycles. The van der Waals surface area contributed by atoms with E-state index in [1.165, 1.54) is 37.6 Å². The molecule has 2 N–H and O–H groups in total. The maximum Gasteiger partial charge on any atom is 2.00 e. The molecule has 0 fully saturated rings. The van der Waals surface area contributed by atoms with Gasteiger partial charge < -0.3 is 28.4 Å². The number of amides is 1. The molecule has 2 rings (SSSR count). The molecule has 0 aliphatic rings. The van der Waals surface area contributed by atoms with E-state index < -0.39 is 11.7 Å². The third-order valence-electron chi connectivity index (χ3n) is 4.23. The maximum atomic E-state index is 15.1. The Kier molecular flexibility index (Phi) is 15.9. The van der Waals surface area contributed by atoms with Crippen molar-refractivity contribution in [3.63, 3.8) is 0 Å². The molecule has 0 unspecified atom stereocenters. The van der Waals surface area contributed by atoms with E-state index in [4.69, 9.17) is 14.6 Å². The first-order chi connectivity index (χ1) is 15.9. The van der Waals surface area contributed by atoms with Gasteiger partial charge >= 0.3 is 22.4 Å². The summed E-state index contributed by atoms with van der Waals surface area (Å²) in [5.74, 6) is -1.12. The van der Waals surface area contributed by atoms with Gasteiger partial charge in [-0.2, -0.15) is 12.8 Å². The van der Waals surface area contributed by atoms with Gasteiger partial charge in [-0.05, 0) is 30.4 Å². The Bertz CT molecular complexity index is 978. The van der Waals surface area contributed by atoms with Crippen molar-refractivity contribution in [2.75, 3.05) is 26.1 Å². The van der Waals surface area contributed by atoms with Crippen LogP contribution >= 0.6 is 11.3 Å². The van der Waals surface area contributed by atoms with Crippen molar-refractivity contribution in [3.8, 4) is 5.19 Å². The van der Waals surface area contributed by atoms with E-state index in [9.17, 15) is 4.79 Å². The predicted octanol–water partition coefficient (Wildman–Crippen LogP) is 4.57. The number of anilines is 1. The average Bonchev–Trinajstić information content (AvgIpc) is 3.28. The molecule has 0 saturated carbocycles. The number of rotatable bonds is 11. The van der Waals surface area contributed by atoms with Gasteiger partial charge in [-0.15, -0.1) is 5.10 Å². The van der Waals surface area contributed by atoms with Crippen molar-refractivity contribution >= 4 is 28.2 Å². The monoisotopic (exact) mass is 569 g/mol. The Balaban J connectivity index is 0.00000353. The number of methoxy groups -OCH3 is 1. The summed E-state index contributed by atoms with van der Waals surface area (Å²) in [5, 5.41) is 17.9. The van der Waals surface area contributed by atoms with Gasteiger partial charge in [-0.3, -0.25) is 15.1 Å². The van der Waals surface area contributed by atoms with Crippen LogP contribution in [0.5, 0.6) is 5.19 Å². The number of hydrogen-bond acceptors (Lipinski definition) is 8. The number of carbonyl (C=O) groups is 1. The van der Waals surface area contributed by atoms with Crippen LogP contribution in [0.15, 0.2) is 42.8 Å². The summed E-state index contributed by atoms with van der Waals surface area (Å²) in [6, 6.07) is 1.47. The summed E-state index contributed by atoms with van der Waals surface area (Å²) in [6.45, 7) is 13.3. The third-order valence-corrected chi connectivity index (χ3v) is 4.98. The molecular weight excluding hydrogens is 540 g/mol. The van der Waals surface area contributed by atoms with Crippen LogP contribution in [0.4, 0.5) is 9.52 Å². The second-order valence-electron chi connectivity index (χ2n) is 6.43. The zero-order chi connectivity index (χ0) is 24.8. The van der Waals surface area contributed by atoms with E-state index in [0.29, 0.717) is 30.3 Å². The van der Waals surface area contributed by atoms with Gasteiger partial charge in [0.2, 0.25) is 5.13 Å². The Morgan fingerprint density at radius 3 is 2.59 bits per heavy atom. The molecular formula is C23H29FN4NbO4S. The summed E-state index contributed by atoms with van der Waals surface area (Å²) < 4.78 is 25.8. The van der Waals surface area contributed by atoms with Crippen molar-refractivity contribution in [2.45, 2.75) is 19.8 Å². The number of aliphatic hydroxyl groups is 1. The number of nitrogens with one attached hydrogen (secondary N) is 1. The summed E-state index contributed by atoms with van der Waals surface area (Å²) in [6.07, 6.45) is 7.12. The molecule has 0 spiro atoms. The van der Waals surface area contributed by atoms with E-state index >= 15 is 4.39 Å². The summed E-state index contributed by atoms with van der Waals surface area (Å²) in [5.41, 5.74) is 0.614. The van der Waals surface area contributed by atoms with Gasteiger partial charge in [-0.25, -0.2) is 4.39 Å². The summed E-state index contributed by atoms with van der Waals surface area (Å²) in [4.78, 5) is 16.9. The quantitative estimate of drug-likeness (QED) is 0.177. The molecule has 8 nitrogen and oxygen atoms in total. The minimum absolute atomic E-state index is 0. The van der Waals surface area contributed by atoms with Crippen molar-refractivity contribution in [3.05, 3.63) is 73.5 Å². The molecule has 0 bridgehead atoms. The number of halogens is 1. The fraction of sp³-hybridized carbons (Fsp3) is 0.304. The first kappa shape index (κ1) is 31.6. The molecule has 1 radical (unpaired) electrons. The first-order valence-electron chi connectivity index (χ1n) is 9.94. The zero-order valence-corrected chi connectivity index (χ0v) is 22.5. The van der Waals surface area contributed by atoms with Crippen molar-refractivity contribution < 1.29 is 46.1 Å². The number of aryl methyl sites for hydroxylation is 1. The molecule has 0 saturated heterocycles. The van der Waals surface area contributed by atoms with Gasteiger partial charge in [-0.1, -0.05) is 29.7 Å². The molecule has 34 heavy (non-hydrogen) atoms. The molecule has 0 atom stereocenters. The Hall–Kier alpha value is -2.37. The fourth-order valence-electron chi connectivity index (χ4n) is 2.42. The van der Waals surface area contributed by atoms with Crippen LogP contribution in [0.25, 0.3) is 5.83 Å². The van der Waals surface area contributed by atoms with Crippen molar-refractivity contribution in [1.82, 2.24) is 15.2 Å². The number of hydrogen-bond donors (Lipinski definition) is 2. The number of ether oxygens (including phenoxy) is 2. The number of nitrogens with zero attached hydrogens (tertiary/aromatic N) is 3. The van der Waals surface area contributed by atoms with Crippen LogP contribution in [0.1, 0.15) is 34.5 Å². The fourth-order valence-corrected chi connectivity index (χ4v) is 3.02. The standard InChI is InChI=1S/C22H25FN4O3S.CH4O.Nb/c1-6-9-10-18(29-5)19(23)16-11-14(4)24-12-17(16)20(28)25-21-26-27-22(31-21)30-13-15(7-2)8-3;1-2;/h6,9-12,15H,1-3,7-8,13H2,4-5H3,(H,25,26,28);2H,1H3;/q-2;;+2/b10-9-,19-18+;;. The van der Waals surface area contributed by atoms with E-state index in [-0.39, 0.29) is 50.3 Å². The Labute approximate surface area is 219 Å². The normalized spacial score (nSPS) is 11.2. The van der Waals surface area contributed by atoms with Gasteiger partial charge in [0.1, 0.15) is 0 Å². The SMILES string of the molecule is C=C/C=C\C(OC)=C(/F)c1cc(C)ncc1C(=O)Nc1nnc(OCC(C[CH2-])C[CH2-])s1.CO.[Nb+2]. The average molecular weight is 569 g/mol. The largest absolute Gasteiger partial charge is 2.00 e. The van der Waals surface area contributed by atoms with Gasteiger partial charge in [0.05, 0.1) is 19.3 Å². The minimum atomic E-state index is -0.704. The topological polar surface area (TPSA) is 106 Å². The number of aromatic nitrogens is 3. The van der Waals surface area contributed by atoms with Crippen molar-refractivity contribution in [1.29, 1.82) is 0 Å². The van der Waals surface area contributed by atoms with Crippen LogP contribution in [0, 0.1) is 26.7 Å². The second kappa shape index (κ2) is 17.1. The van der Waals surface area contributed by atoms with Gasteiger partial charge in [0.15, 0.2) is 11.6 Å². The number of carbonyl (C=O) groups excluding carboxylic acids is 1. The molecule has 2 aromatic heterocycles. The van der Waals surface area contributed by atoms with Gasteiger partial charge in [0.25, 0.3) is 11.1 Å². The van der Waals surface area contributed by atoms with Crippen LogP contribution in [0.3, 0.4) is 0 Å². The van der Waals surface area contributed by atoms with E-state index in [2.05, 4.69) is 40.9 Å². The molecule has 1 amide bonds. The summed E-state index contributed by atoms with van der Waals surface area (Å²) >= 11 is 1.07. The van der Waals surface area contributed by atoms with Crippen LogP contribution < -0.4 is 10.1 Å². The van der Waals surface area contributed by atoms with E-state index in [0.717, 1.165) is 18.4 Å². The Morgan fingerprint density at radius 2 is 2.00 bits per heavy atom. The molecule has 2 aromatic rings. The van der Waals surface area contributed by atoms with Crippen molar-refractivity contribution in [2.24, 2.45) is 5.92 Å². The van der Waals surface area contributed by atoms with Crippen LogP contribution in [-0.4, -0.2) is 47.0 Å². The minimum Gasteiger partial charge on any atom is -0.494 e. The zero-order valence-electron chi connectivity index (χ0n) is 19.5. The number of pyridine rings is 1. The van der Waals surface area contributed by atoms with E-state index in [1.807, 2.05) is 0 Å². The smallest absolute Gasteiger partial charge is 0.494 e. The molecule has 0 aliphatic carbocycles. The number of allylic oxidation sites excluding steroid dienone is 3. The predicted molar refractivity (Wildman–Crippen MR) is 128 cm³/mol. The molecule has 183 valence electrons. The van der Waals surface area contributed by atoms with Crippen LogP contribution in [0.2, 0.25) is 0 Å². The third kappa shape index (κ3) is 9.47. The second-order valence-corrected chi connectivity index (χ2v) is 7.37. The van der Waals surface area contributed by atoms with E-state index in [1.54, 1.807) is 6.92 Å². The molecule has 0 aliphatic heterocycles. The molecule has 11 heteroatoms. The summed E-state index contributed by atoms with van der Waals surface area (Å²) in [7, 11) is 2.34. The first-order valence-corrected chi connectivity index (χ1v) is 10.8. The van der Waals surface area contributed by atoms with Crippen LogP contribution in [-0.2, 0) is 27.1 Å². The molecule has 0 aromatic carbocycles.